The number of rotatable bonds is 17. The zero-order chi connectivity index (χ0) is 24.4. The van der Waals surface area contributed by atoms with Gasteiger partial charge in [0.15, 0.2) is 11.5 Å². The van der Waals surface area contributed by atoms with E-state index in [2.05, 4.69) is 66.0 Å². The van der Waals surface area contributed by atoms with Crippen LogP contribution in [0, 0.1) is 0 Å². The van der Waals surface area contributed by atoms with Crippen LogP contribution in [-0.2, 0) is 17.9 Å². The van der Waals surface area contributed by atoms with Crippen LogP contribution in [0.1, 0.15) is 48.8 Å². The molecule has 0 aliphatic heterocycles. The molecule has 1 N–H and O–H groups in total. The number of nitrogens with one attached hydrogen (secondary N) is 1. The van der Waals surface area contributed by atoms with Gasteiger partial charge in [0.1, 0.15) is 6.61 Å². The number of benzene rings is 3. The van der Waals surface area contributed by atoms with Crippen LogP contribution in [0.3, 0.4) is 0 Å². The van der Waals surface area contributed by atoms with E-state index in [0.717, 1.165) is 61.8 Å². The maximum Gasteiger partial charge on any atom is 0.161 e. The van der Waals surface area contributed by atoms with Crippen LogP contribution in [-0.4, -0.2) is 26.9 Å². The maximum absolute atomic E-state index is 5.93. The van der Waals surface area contributed by atoms with Crippen molar-refractivity contribution in [3.8, 4) is 11.5 Å². The van der Waals surface area contributed by atoms with Crippen LogP contribution >= 0.6 is 0 Å². The third-order valence-corrected chi connectivity index (χ3v) is 5.73. The van der Waals surface area contributed by atoms with Gasteiger partial charge in [-0.2, -0.15) is 0 Å². The van der Waals surface area contributed by atoms with Crippen molar-refractivity contribution in [2.75, 3.05) is 26.9 Å². The molecule has 35 heavy (non-hydrogen) atoms. The Labute approximate surface area is 210 Å². The van der Waals surface area contributed by atoms with Gasteiger partial charge in [-0.15, -0.1) is 0 Å². The molecule has 186 valence electrons. The van der Waals surface area contributed by atoms with Crippen molar-refractivity contribution in [3.05, 3.63) is 102 Å². The number of methoxy groups -OCH3 is 1. The summed E-state index contributed by atoms with van der Waals surface area (Å²) in [7, 11) is 1.67. The van der Waals surface area contributed by atoms with Crippen molar-refractivity contribution in [3.63, 3.8) is 0 Å². The van der Waals surface area contributed by atoms with Gasteiger partial charge in [0.05, 0.1) is 13.7 Å². The Hall–Kier alpha value is -3.08. The standard InChI is InChI=1S/C31H39NO3/c1-33-31-24-27(19-20-30(31)35-26-29-17-8-5-9-18-29)14-10-13-23-34-22-12-3-2-11-21-32-25-28-15-6-4-7-16-28/h4-10,14-20,24,32H,2-3,11-13,21-23,25-26H2,1H3. The van der Waals surface area contributed by atoms with Crippen LogP contribution in [0.25, 0.3) is 6.08 Å². The molecule has 0 saturated carbocycles. The lowest BCUT2D eigenvalue weighted by Crippen LogP contribution is -2.14. The highest BCUT2D eigenvalue weighted by Gasteiger charge is 2.05. The van der Waals surface area contributed by atoms with Crippen molar-refractivity contribution >= 4 is 6.08 Å². The van der Waals surface area contributed by atoms with E-state index in [-0.39, 0.29) is 0 Å². The summed E-state index contributed by atoms with van der Waals surface area (Å²) in [4.78, 5) is 0. The Bertz CT molecular complexity index is 973. The predicted molar refractivity (Wildman–Crippen MR) is 145 cm³/mol. The van der Waals surface area contributed by atoms with Gasteiger partial charge in [0.2, 0.25) is 0 Å². The number of unbranched alkanes of at least 4 members (excludes halogenated alkanes) is 3. The number of hydrogen-bond donors (Lipinski definition) is 1. The summed E-state index contributed by atoms with van der Waals surface area (Å²) in [6, 6.07) is 26.7. The molecule has 0 atom stereocenters. The molecular weight excluding hydrogens is 434 g/mol. The number of hydrogen-bond acceptors (Lipinski definition) is 4. The molecule has 0 aliphatic carbocycles. The molecule has 3 aromatic rings. The molecule has 0 spiro atoms. The molecule has 0 fully saturated rings. The van der Waals surface area contributed by atoms with Crippen molar-refractivity contribution < 1.29 is 14.2 Å². The first-order valence-corrected chi connectivity index (χ1v) is 12.7. The summed E-state index contributed by atoms with van der Waals surface area (Å²) in [6.45, 7) is 4.15. The average Bonchev–Trinajstić information content (AvgIpc) is 2.91. The Balaban J connectivity index is 1.21. The van der Waals surface area contributed by atoms with Gasteiger partial charge in [0.25, 0.3) is 0 Å². The van der Waals surface area contributed by atoms with Gasteiger partial charge in [-0.25, -0.2) is 0 Å². The second-order valence-electron chi connectivity index (χ2n) is 8.56. The van der Waals surface area contributed by atoms with Crippen LogP contribution < -0.4 is 14.8 Å². The summed E-state index contributed by atoms with van der Waals surface area (Å²) in [5.74, 6) is 1.50. The smallest absolute Gasteiger partial charge is 0.161 e. The Kier molecular flexibility index (Phi) is 12.5. The van der Waals surface area contributed by atoms with Crippen LogP contribution in [0.15, 0.2) is 84.9 Å². The molecule has 4 heteroatoms. The molecule has 0 amide bonds. The average molecular weight is 474 g/mol. The largest absolute Gasteiger partial charge is 0.493 e. The zero-order valence-corrected chi connectivity index (χ0v) is 21.0. The van der Waals surface area contributed by atoms with Crippen LogP contribution in [0.5, 0.6) is 11.5 Å². The topological polar surface area (TPSA) is 39.7 Å². The Morgan fingerprint density at radius 1 is 0.743 bits per heavy atom. The van der Waals surface area contributed by atoms with Gasteiger partial charge in [-0.3, -0.25) is 0 Å². The van der Waals surface area contributed by atoms with E-state index in [1.54, 1.807) is 7.11 Å². The molecule has 3 aromatic carbocycles. The summed E-state index contributed by atoms with van der Waals surface area (Å²) >= 11 is 0. The van der Waals surface area contributed by atoms with Gasteiger partial charge in [-0.1, -0.05) is 91.7 Å². The first-order chi connectivity index (χ1) is 17.3. The van der Waals surface area contributed by atoms with Gasteiger partial charge < -0.3 is 19.5 Å². The van der Waals surface area contributed by atoms with E-state index >= 15 is 0 Å². The van der Waals surface area contributed by atoms with Gasteiger partial charge in [-0.05, 0) is 54.6 Å². The minimum atomic E-state index is 0.523. The van der Waals surface area contributed by atoms with E-state index in [4.69, 9.17) is 14.2 Å². The lowest BCUT2D eigenvalue weighted by molar-refractivity contribution is 0.134. The molecule has 0 saturated heterocycles. The van der Waals surface area contributed by atoms with E-state index in [1.807, 2.05) is 30.3 Å². The Morgan fingerprint density at radius 3 is 2.26 bits per heavy atom. The van der Waals surface area contributed by atoms with Crippen molar-refractivity contribution in [2.45, 2.75) is 45.3 Å². The summed E-state index contributed by atoms with van der Waals surface area (Å²) in [6.07, 6.45) is 9.98. The number of ether oxygens (including phenoxy) is 3. The second kappa shape index (κ2) is 16.5. The van der Waals surface area contributed by atoms with E-state index in [9.17, 15) is 0 Å². The summed E-state index contributed by atoms with van der Waals surface area (Å²) in [5, 5.41) is 3.51. The second-order valence-corrected chi connectivity index (χ2v) is 8.56. The van der Waals surface area contributed by atoms with E-state index in [0.29, 0.717) is 6.61 Å². The fourth-order valence-electron chi connectivity index (χ4n) is 3.75. The summed E-state index contributed by atoms with van der Waals surface area (Å²) in [5.41, 5.74) is 3.57. The molecule has 3 rings (SSSR count). The highest BCUT2D eigenvalue weighted by atomic mass is 16.5. The zero-order valence-electron chi connectivity index (χ0n) is 21.0. The first-order valence-electron chi connectivity index (χ1n) is 12.7. The minimum absolute atomic E-state index is 0.523. The van der Waals surface area contributed by atoms with E-state index in [1.165, 1.54) is 24.8 Å². The third kappa shape index (κ3) is 10.8. The maximum atomic E-state index is 5.93. The SMILES string of the molecule is COc1cc(C=CCCOCCCCCCNCc2ccccc2)ccc1OCc1ccccc1. The molecule has 0 radical (unpaired) electrons. The monoisotopic (exact) mass is 473 g/mol. The fourth-order valence-corrected chi connectivity index (χ4v) is 3.75. The quantitative estimate of drug-likeness (QED) is 0.213. The molecule has 0 aromatic heterocycles. The lowest BCUT2D eigenvalue weighted by atomic mass is 10.1. The van der Waals surface area contributed by atoms with Crippen molar-refractivity contribution in [1.29, 1.82) is 0 Å². The fraction of sp³-hybridized carbons (Fsp3) is 0.355. The van der Waals surface area contributed by atoms with Crippen molar-refractivity contribution in [1.82, 2.24) is 5.32 Å². The third-order valence-electron chi connectivity index (χ3n) is 5.73. The minimum Gasteiger partial charge on any atom is -0.493 e. The molecule has 0 aliphatic rings. The van der Waals surface area contributed by atoms with Crippen molar-refractivity contribution in [2.24, 2.45) is 0 Å². The highest BCUT2D eigenvalue weighted by Crippen LogP contribution is 2.29. The Morgan fingerprint density at radius 2 is 1.49 bits per heavy atom. The lowest BCUT2D eigenvalue weighted by Gasteiger charge is -2.11. The normalized spacial score (nSPS) is 11.1. The first kappa shape index (κ1) is 26.5. The van der Waals surface area contributed by atoms with E-state index < -0.39 is 0 Å². The van der Waals surface area contributed by atoms with Gasteiger partial charge >= 0.3 is 0 Å². The van der Waals surface area contributed by atoms with Gasteiger partial charge in [0, 0.05) is 13.2 Å². The highest BCUT2D eigenvalue weighted by molar-refractivity contribution is 5.55. The molecular formula is C31H39NO3. The molecule has 0 bridgehead atoms. The predicted octanol–water partition coefficient (Wildman–Crippen LogP) is 7.04. The van der Waals surface area contributed by atoms with Crippen LogP contribution in [0.2, 0.25) is 0 Å². The molecule has 0 unspecified atom stereocenters. The van der Waals surface area contributed by atoms with Crippen LogP contribution in [0.4, 0.5) is 0 Å². The molecule has 0 heterocycles. The molecule has 4 nitrogen and oxygen atoms in total. The summed E-state index contributed by atoms with van der Waals surface area (Å²) < 4.78 is 17.2.